The van der Waals surface area contributed by atoms with E-state index in [1.54, 1.807) is 0 Å². The van der Waals surface area contributed by atoms with Crippen LogP contribution in [0.3, 0.4) is 0 Å². The summed E-state index contributed by atoms with van der Waals surface area (Å²) >= 11 is 0. The lowest BCUT2D eigenvalue weighted by Crippen LogP contribution is -2.28. The lowest BCUT2D eigenvalue weighted by molar-refractivity contribution is 0.264. The molecule has 0 amide bonds. The van der Waals surface area contributed by atoms with Gasteiger partial charge in [-0.15, -0.1) is 0 Å². The average molecular weight is 252 g/mol. The zero-order chi connectivity index (χ0) is 13.0. The maximum Gasteiger partial charge on any atom is 0.227 e. The molecule has 0 saturated carbocycles. The fourth-order valence-electron chi connectivity index (χ4n) is 2.46. The second kappa shape index (κ2) is 6.29. The van der Waals surface area contributed by atoms with Crippen molar-refractivity contribution in [2.24, 2.45) is 5.92 Å². The molecule has 5 heteroatoms. The Kier molecular flexibility index (Phi) is 4.72. The summed E-state index contributed by atoms with van der Waals surface area (Å²) in [5.74, 6) is 2.30. The second-order valence-electron chi connectivity index (χ2n) is 5.41. The van der Waals surface area contributed by atoms with Crippen LogP contribution >= 0.6 is 0 Å². The molecule has 1 unspecified atom stereocenters. The number of hydrogen-bond donors (Lipinski definition) is 1. The molecule has 5 nitrogen and oxygen atoms in total. The van der Waals surface area contributed by atoms with Crippen LogP contribution < -0.4 is 5.32 Å². The largest absolute Gasteiger partial charge is 0.339 e. The maximum atomic E-state index is 5.24. The Morgan fingerprint density at radius 1 is 1.50 bits per heavy atom. The summed E-state index contributed by atoms with van der Waals surface area (Å²) in [4.78, 5) is 6.97. The van der Waals surface area contributed by atoms with Crippen molar-refractivity contribution in [3.8, 4) is 0 Å². The summed E-state index contributed by atoms with van der Waals surface area (Å²) < 4.78 is 5.24. The van der Waals surface area contributed by atoms with Crippen LogP contribution in [-0.2, 0) is 12.8 Å². The number of nitrogens with zero attached hydrogens (tertiary/aromatic N) is 3. The number of hydrogen-bond acceptors (Lipinski definition) is 5. The van der Waals surface area contributed by atoms with Crippen LogP contribution in [0, 0.1) is 5.92 Å². The van der Waals surface area contributed by atoms with Gasteiger partial charge in [0.1, 0.15) is 0 Å². The van der Waals surface area contributed by atoms with Gasteiger partial charge in [-0.3, -0.25) is 0 Å². The highest BCUT2D eigenvalue weighted by atomic mass is 16.5. The van der Waals surface area contributed by atoms with E-state index >= 15 is 0 Å². The smallest absolute Gasteiger partial charge is 0.227 e. The normalized spacial score (nSPS) is 21.0. The van der Waals surface area contributed by atoms with Gasteiger partial charge in [-0.2, -0.15) is 4.98 Å². The monoisotopic (exact) mass is 252 g/mol. The van der Waals surface area contributed by atoms with E-state index in [4.69, 9.17) is 4.52 Å². The minimum Gasteiger partial charge on any atom is -0.339 e. The lowest BCUT2D eigenvalue weighted by Gasteiger charge is -2.19. The number of aromatic nitrogens is 2. The highest BCUT2D eigenvalue weighted by Gasteiger charge is 2.25. The summed E-state index contributed by atoms with van der Waals surface area (Å²) in [5, 5.41) is 7.15. The van der Waals surface area contributed by atoms with E-state index in [-0.39, 0.29) is 0 Å². The molecule has 0 bridgehead atoms. The van der Waals surface area contributed by atoms with E-state index < -0.39 is 0 Å². The van der Waals surface area contributed by atoms with Gasteiger partial charge in [0.15, 0.2) is 5.82 Å². The van der Waals surface area contributed by atoms with Crippen LogP contribution in [0.1, 0.15) is 32.0 Å². The van der Waals surface area contributed by atoms with Crippen molar-refractivity contribution in [3.05, 3.63) is 11.7 Å². The highest BCUT2D eigenvalue weighted by molar-refractivity contribution is 4.91. The molecule has 2 rings (SSSR count). The van der Waals surface area contributed by atoms with Gasteiger partial charge in [-0.1, -0.05) is 5.16 Å². The summed E-state index contributed by atoms with van der Waals surface area (Å²) in [6.45, 7) is 7.76. The first-order valence-electron chi connectivity index (χ1n) is 6.89. The Morgan fingerprint density at radius 3 is 3.00 bits per heavy atom. The van der Waals surface area contributed by atoms with Crippen LogP contribution in [0.15, 0.2) is 4.52 Å². The Balaban J connectivity index is 1.81. The van der Waals surface area contributed by atoms with Crippen molar-refractivity contribution < 1.29 is 4.52 Å². The minimum atomic E-state index is 0.645. The van der Waals surface area contributed by atoms with Crippen molar-refractivity contribution >= 4 is 0 Å². The second-order valence-corrected chi connectivity index (χ2v) is 5.41. The molecule has 102 valence electrons. The minimum absolute atomic E-state index is 0.645. The fraction of sp³-hybridized carbons (Fsp3) is 0.846. The first-order valence-corrected chi connectivity index (χ1v) is 6.89. The van der Waals surface area contributed by atoms with E-state index in [0.717, 1.165) is 37.6 Å². The van der Waals surface area contributed by atoms with Gasteiger partial charge in [0.25, 0.3) is 0 Å². The molecule has 1 N–H and O–H groups in total. The molecular weight excluding hydrogens is 228 g/mol. The zero-order valence-electron chi connectivity index (χ0n) is 11.6. The van der Waals surface area contributed by atoms with Gasteiger partial charge < -0.3 is 14.7 Å². The molecule has 2 heterocycles. The van der Waals surface area contributed by atoms with Crippen molar-refractivity contribution in [2.45, 2.75) is 39.2 Å². The molecule has 0 aliphatic carbocycles. The number of nitrogens with one attached hydrogen (secondary N) is 1. The van der Waals surface area contributed by atoms with Crippen LogP contribution in [0.25, 0.3) is 0 Å². The molecule has 1 atom stereocenters. The third-order valence-electron chi connectivity index (χ3n) is 3.62. The molecule has 0 aromatic carbocycles. The van der Waals surface area contributed by atoms with Gasteiger partial charge in [0.05, 0.1) is 0 Å². The molecule has 1 aliphatic heterocycles. The molecule has 1 aliphatic rings. The molecule has 18 heavy (non-hydrogen) atoms. The standard InChI is InChI=1S/C13H24N4O/c1-10(2)17-7-5-11(9-17)8-12-15-13(18-16-12)4-6-14-3/h10-11,14H,4-9H2,1-3H3. The number of likely N-dealkylation sites (tertiary alicyclic amines) is 1. The molecule has 0 spiro atoms. The van der Waals surface area contributed by atoms with E-state index in [9.17, 15) is 0 Å². The Labute approximate surface area is 109 Å². The fourth-order valence-corrected chi connectivity index (χ4v) is 2.46. The van der Waals surface area contributed by atoms with Crippen molar-refractivity contribution in [2.75, 3.05) is 26.7 Å². The Bertz CT molecular complexity index is 364. The quantitative estimate of drug-likeness (QED) is 0.822. The van der Waals surface area contributed by atoms with Crippen molar-refractivity contribution in [3.63, 3.8) is 0 Å². The molecule has 1 fully saturated rings. The van der Waals surface area contributed by atoms with Crippen LogP contribution in [0.4, 0.5) is 0 Å². The van der Waals surface area contributed by atoms with Crippen molar-refractivity contribution in [1.29, 1.82) is 0 Å². The first kappa shape index (κ1) is 13.5. The molecule has 0 radical (unpaired) electrons. The van der Waals surface area contributed by atoms with Crippen LogP contribution in [0.5, 0.6) is 0 Å². The molecule has 1 aromatic heterocycles. The van der Waals surface area contributed by atoms with Gasteiger partial charge in [0, 0.05) is 32.0 Å². The third kappa shape index (κ3) is 3.53. The highest BCUT2D eigenvalue weighted by Crippen LogP contribution is 2.21. The molecular formula is C13H24N4O. The van der Waals surface area contributed by atoms with Crippen LogP contribution in [0.2, 0.25) is 0 Å². The van der Waals surface area contributed by atoms with Crippen LogP contribution in [-0.4, -0.2) is 47.8 Å². The number of likely N-dealkylation sites (N-methyl/N-ethyl adjacent to an activating group) is 1. The average Bonchev–Trinajstić information content (AvgIpc) is 2.96. The van der Waals surface area contributed by atoms with Gasteiger partial charge in [-0.05, 0) is 39.8 Å². The summed E-state index contributed by atoms with van der Waals surface area (Å²) in [6.07, 6.45) is 3.01. The van der Waals surface area contributed by atoms with Gasteiger partial charge in [0.2, 0.25) is 5.89 Å². The Hall–Kier alpha value is -0.940. The van der Waals surface area contributed by atoms with E-state index in [0.29, 0.717) is 12.0 Å². The van der Waals surface area contributed by atoms with E-state index in [2.05, 4.69) is 34.2 Å². The summed E-state index contributed by atoms with van der Waals surface area (Å²) in [6, 6.07) is 0.645. The summed E-state index contributed by atoms with van der Waals surface area (Å²) in [7, 11) is 1.93. The first-order chi connectivity index (χ1) is 8.69. The SMILES string of the molecule is CNCCc1nc(CC2CCN(C(C)C)C2)no1. The molecule has 1 saturated heterocycles. The maximum absolute atomic E-state index is 5.24. The number of rotatable bonds is 6. The predicted molar refractivity (Wildman–Crippen MR) is 70.4 cm³/mol. The van der Waals surface area contributed by atoms with E-state index in [1.165, 1.54) is 13.0 Å². The van der Waals surface area contributed by atoms with Gasteiger partial charge in [-0.25, -0.2) is 0 Å². The lowest BCUT2D eigenvalue weighted by atomic mass is 10.1. The van der Waals surface area contributed by atoms with Gasteiger partial charge >= 0.3 is 0 Å². The zero-order valence-corrected chi connectivity index (χ0v) is 11.6. The summed E-state index contributed by atoms with van der Waals surface area (Å²) in [5.41, 5.74) is 0. The van der Waals surface area contributed by atoms with E-state index in [1.807, 2.05) is 7.05 Å². The Morgan fingerprint density at radius 2 is 2.33 bits per heavy atom. The third-order valence-corrected chi connectivity index (χ3v) is 3.62. The topological polar surface area (TPSA) is 54.2 Å². The molecule has 1 aromatic rings. The predicted octanol–water partition coefficient (Wildman–Crippen LogP) is 1.10. The van der Waals surface area contributed by atoms with Crippen molar-refractivity contribution in [1.82, 2.24) is 20.4 Å².